The van der Waals surface area contributed by atoms with Gasteiger partial charge in [0.25, 0.3) is 5.91 Å². The molecule has 0 fully saturated rings. The summed E-state index contributed by atoms with van der Waals surface area (Å²) in [6, 6.07) is 11.4. The lowest BCUT2D eigenvalue weighted by atomic mass is 10.0. The Bertz CT molecular complexity index is 749. The SMILES string of the molecule is CC(C)[C@H](NC(=O)c1ccccc1Cl)C(=O)Nc1cccc(F)c1. The first kappa shape index (κ1) is 17.9. The molecule has 0 aliphatic carbocycles. The molecule has 2 N–H and O–H groups in total. The van der Waals surface area contributed by atoms with Crippen LogP contribution in [-0.2, 0) is 4.79 Å². The largest absolute Gasteiger partial charge is 0.340 e. The summed E-state index contributed by atoms with van der Waals surface area (Å²) in [6.45, 7) is 3.62. The van der Waals surface area contributed by atoms with Gasteiger partial charge in [0, 0.05) is 5.69 Å². The molecule has 0 aromatic heterocycles. The van der Waals surface area contributed by atoms with Crippen LogP contribution in [0, 0.1) is 11.7 Å². The van der Waals surface area contributed by atoms with E-state index in [0.717, 1.165) is 0 Å². The third-order valence-corrected chi connectivity index (χ3v) is 3.78. The van der Waals surface area contributed by atoms with E-state index in [9.17, 15) is 14.0 Å². The number of amides is 2. The Kier molecular flexibility index (Phi) is 5.93. The van der Waals surface area contributed by atoms with Crippen molar-refractivity contribution in [3.8, 4) is 0 Å². The van der Waals surface area contributed by atoms with Crippen molar-refractivity contribution in [1.29, 1.82) is 0 Å². The third kappa shape index (κ3) is 4.55. The van der Waals surface area contributed by atoms with Gasteiger partial charge in [-0.25, -0.2) is 4.39 Å². The van der Waals surface area contributed by atoms with Gasteiger partial charge < -0.3 is 10.6 Å². The number of hydrogen-bond acceptors (Lipinski definition) is 2. The monoisotopic (exact) mass is 348 g/mol. The standard InChI is InChI=1S/C18H18ClFN2O2/c1-11(2)16(18(24)21-13-7-5-6-12(20)10-13)22-17(23)14-8-3-4-9-15(14)19/h3-11,16H,1-2H3,(H,21,24)(H,22,23)/t16-/m0/s1. The smallest absolute Gasteiger partial charge is 0.253 e. The molecule has 126 valence electrons. The highest BCUT2D eigenvalue weighted by Gasteiger charge is 2.25. The van der Waals surface area contributed by atoms with Gasteiger partial charge in [-0.3, -0.25) is 9.59 Å². The number of halogens is 2. The first-order chi connectivity index (χ1) is 11.4. The molecule has 0 spiro atoms. The van der Waals surface area contributed by atoms with Crippen molar-refractivity contribution >= 4 is 29.1 Å². The van der Waals surface area contributed by atoms with Gasteiger partial charge in [0.2, 0.25) is 5.91 Å². The molecule has 0 bridgehead atoms. The molecular formula is C18H18ClFN2O2. The van der Waals surface area contributed by atoms with Gasteiger partial charge in [-0.1, -0.05) is 43.6 Å². The normalized spacial score (nSPS) is 11.9. The lowest BCUT2D eigenvalue weighted by Gasteiger charge is -2.22. The number of nitrogens with one attached hydrogen (secondary N) is 2. The Hall–Kier alpha value is -2.40. The minimum absolute atomic E-state index is 0.162. The molecule has 2 amide bonds. The van der Waals surface area contributed by atoms with E-state index in [0.29, 0.717) is 16.3 Å². The zero-order valence-electron chi connectivity index (χ0n) is 13.3. The van der Waals surface area contributed by atoms with Crippen molar-refractivity contribution in [2.24, 2.45) is 5.92 Å². The Morgan fingerprint density at radius 1 is 1.08 bits per heavy atom. The first-order valence-corrected chi connectivity index (χ1v) is 7.88. The van der Waals surface area contributed by atoms with E-state index in [1.165, 1.54) is 18.2 Å². The average Bonchev–Trinajstić information content (AvgIpc) is 2.52. The number of rotatable bonds is 5. The maximum absolute atomic E-state index is 13.2. The summed E-state index contributed by atoms with van der Waals surface area (Å²) in [6.07, 6.45) is 0. The molecular weight excluding hydrogens is 331 g/mol. The fraction of sp³-hybridized carbons (Fsp3) is 0.222. The highest BCUT2D eigenvalue weighted by Crippen LogP contribution is 2.16. The molecule has 4 nitrogen and oxygen atoms in total. The number of carbonyl (C=O) groups excluding carboxylic acids is 2. The van der Waals surface area contributed by atoms with Crippen LogP contribution in [0.1, 0.15) is 24.2 Å². The van der Waals surface area contributed by atoms with Gasteiger partial charge in [0.15, 0.2) is 0 Å². The molecule has 2 aromatic rings. The van der Waals surface area contributed by atoms with Crippen LogP contribution in [0.15, 0.2) is 48.5 Å². The summed E-state index contributed by atoms with van der Waals surface area (Å²) in [5.74, 6) is -1.47. The number of anilines is 1. The summed E-state index contributed by atoms with van der Waals surface area (Å²) < 4.78 is 13.2. The lowest BCUT2D eigenvalue weighted by Crippen LogP contribution is -2.47. The van der Waals surface area contributed by atoms with E-state index in [1.807, 2.05) is 13.8 Å². The fourth-order valence-electron chi connectivity index (χ4n) is 2.19. The van der Waals surface area contributed by atoms with E-state index in [-0.39, 0.29) is 5.92 Å². The highest BCUT2D eigenvalue weighted by atomic mass is 35.5. The van der Waals surface area contributed by atoms with Crippen LogP contribution in [0.25, 0.3) is 0 Å². The van der Waals surface area contributed by atoms with Gasteiger partial charge in [-0.15, -0.1) is 0 Å². The fourth-order valence-corrected chi connectivity index (χ4v) is 2.41. The van der Waals surface area contributed by atoms with Crippen LogP contribution >= 0.6 is 11.6 Å². The van der Waals surface area contributed by atoms with Crippen LogP contribution in [-0.4, -0.2) is 17.9 Å². The molecule has 0 heterocycles. The molecule has 24 heavy (non-hydrogen) atoms. The Labute approximate surface area is 145 Å². The number of benzene rings is 2. The minimum Gasteiger partial charge on any atom is -0.340 e. The van der Waals surface area contributed by atoms with Gasteiger partial charge in [-0.05, 0) is 36.2 Å². The Balaban J connectivity index is 2.13. The predicted octanol–water partition coefficient (Wildman–Crippen LogP) is 3.87. The second-order valence-corrected chi connectivity index (χ2v) is 6.08. The zero-order valence-corrected chi connectivity index (χ0v) is 14.1. The molecule has 0 saturated heterocycles. The molecule has 0 radical (unpaired) electrons. The van der Waals surface area contributed by atoms with Gasteiger partial charge in [0.1, 0.15) is 11.9 Å². The third-order valence-electron chi connectivity index (χ3n) is 3.45. The zero-order chi connectivity index (χ0) is 17.7. The van der Waals surface area contributed by atoms with E-state index in [4.69, 9.17) is 11.6 Å². The summed E-state index contributed by atoms with van der Waals surface area (Å²) in [5.41, 5.74) is 0.626. The lowest BCUT2D eigenvalue weighted by molar-refractivity contribution is -0.118. The number of carbonyl (C=O) groups is 2. The Morgan fingerprint density at radius 2 is 1.79 bits per heavy atom. The van der Waals surface area contributed by atoms with Crippen LogP contribution in [0.5, 0.6) is 0 Å². The van der Waals surface area contributed by atoms with Crippen LogP contribution < -0.4 is 10.6 Å². The van der Waals surface area contributed by atoms with Crippen molar-refractivity contribution in [3.63, 3.8) is 0 Å². The van der Waals surface area contributed by atoms with Crippen molar-refractivity contribution in [1.82, 2.24) is 5.32 Å². The van der Waals surface area contributed by atoms with Crippen LogP contribution in [0.4, 0.5) is 10.1 Å². The van der Waals surface area contributed by atoms with Crippen molar-refractivity contribution in [2.45, 2.75) is 19.9 Å². The number of hydrogen-bond donors (Lipinski definition) is 2. The quantitative estimate of drug-likeness (QED) is 0.861. The van der Waals surface area contributed by atoms with Crippen molar-refractivity contribution in [2.75, 3.05) is 5.32 Å². The summed E-state index contributed by atoms with van der Waals surface area (Å²) in [4.78, 5) is 24.8. The molecule has 0 saturated carbocycles. The van der Waals surface area contributed by atoms with E-state index in [1.54, 1.807) is 30.3 Å². The molecule has 2 rings (SSSR count). The highest BCUT2D eigenvalue weighted by molar-refractivity contribution is 6.33. The predicted molar refractivity (Wildman–Crippen MR) is 92.6 cm³/mol. The van der Waals surface area contributed by atoms with Crippen LogP contribution in [0.3, 0.4) is 0 Å². The van der Waals surface area contributed by atoms with E-state index < -0.39 is 23.7 Å². The maximum atomic E-state index is 13.2. The van der Waals surface area contributed by atoms with Gasteiger partial charge >= 0.3 is 0 Å². The van der Waals surface area contributed by atoms with Crippen molar-refractivity contribution < 1.29 is 14.0 Å². The first-order valence-electron chi connectivity index (χ1n) is 7.50. The van der Waals surface area contributed by atoms with Crippen LogP contribution in [0.2, 0.25) is 5.02 Å². The Morgan fingerprint density at radius 3 is 2.42 bits per heavy atom. The molecule has 0 unspecified atom stereocenters. The minimum atomic E-state index is -0.781. The van der Waals surface area contributed by atoms with Crippen molar-refractivity contribution in [3.05, 3.63) is 64.9 Å². The van der Waals surface area contributed by atoms with E-state index >= 15 is 0 Å². The molecule has 2 aromatic carbocycles. The topological polar surface area (TPSA) is 58.2 Å². The summed E-state index contributed by atoms with van der Waals surface area (Å²) in [5, 5.41) is 5.60. The second-order valence-electron chi connectivity index (χ2n) is 5.67. The van der Waals surface area contributed by atoms with Gasteiger partial charge in [0.05, 0.1) is 10.6 Å². The van der Waals surface area contributed by atoms with Gasteiger partial charge in [-0.2, -0.15) is 0 Å². The summed E-state index contributed by atoms with van der Waals surface area (Å²) >= 11 is 6.01. The molecule has 6 heteroatoms. The second kappa shape index (κ2) is 7.93. The average molecular weight is 349 g/mol. The maximum Gasteiger partial charge on any atom is 0.253 e. The molecule has 0 aliphatic heterocycles. The van der Waals surface area contributed by atoms with E-state index in [2.05, 4.69) is 10.6 Å². The molecule has 0 aliphatic rings. The molecule has 1 atom stereocenters. The summed E-state index contributed by atoms with van der Waals surface area (Å²) in [7, 11) is 0.